The Balaban J connectivity index is 1.46. The number of H-pyrrole nitrogens is 1. The molecule has 0 bridgehead atoms. The van der Waals surface area contributed by atoms with Gasteiger partial charge in [0.1, 0.15) is 27.7 Å². The number of aromatic nitrogens is 3. The summed E-state index contributed by atoms with van der Waals surface area (Å²) in [7, 11) is 1.78. The monoisotopic (exact) mass is 559 g/mol. The van der Waals surface area contributed by atoms with Gasteiger partial charge in [0.15, 0.2) is 0 Å². The number of pyridine rings is 1. The lowest BCUT2D eigenvalue weighted by Crippen LogP contribution is -2.33. The molecule has 5 rings (SSSR count). The maximum absolute atomic E-state index is 13.3. The quantitative estimate of drug-likeness (QED) is 0.263. The summed E-state index contributed by atoms with van der Waals surface area (Å²) in [6.07, 6.45) is 8.48. The molecule has 0 spiro atoms. The number of carbonyl (C=O) groups is 3. The summed E-state index contributed by atoms with van der Waals surface area (Å²) in [5.74, 6) is -0.687. The molecule has 208 valence electrons. The SMILES string of the molecule is CN(C(=O)C1CCCCC1)c1ccc2c(C(=O)OC(C)(C)C)c(NC(=O)c3csc(-c4ccncc4)n3)[nH]c2c1. The molecule has 2 N–H and O–H groups in total. The lowest BCUT2D eigenvalue weighted by molar-refractivity contribution is -0.123. The minimum absolute atomic E-state index is 0.0282. The van der Waals surface area contributed by atoms with Gasteiger partial charge in [-0.15, -0.1) is 11.3 Å². The molecule has 4 aromatic rings. The Morgan fingerprint density at radius 3 is 2.50 bits per heavy atom. The van der Waals surface area contributed by atoms with Crippen LogP contribution in [0.25, 0.3) is 21.5 Å². The molecular formula is C30H33N5O4S. The van der Waals surface area contributed by atoms with Crippen molar-refractivity contribution in [3.05, 3.63) is 59.4 Å². The molecule has 0 aliphatic heterocycles. The van der Waals surface area contributed by atoms with Crippen LogP contribution in [-0.2, 0) is 9.53 Å². The zero-order chi connectivity index (χ0) is 28.4. The zero-order valence-corrected chi connectivity index (χ0v) is 23.9. The van der Waals surface area contributed by atoms with Crippen molar-refractivity contribution in [2.75, 3.05) is 17.3 Å². The maximum atomic E-state index is 13.3. The van der Waals surface area contributed by atoms with Crippen molar-refractivity contribution in [1.29, 1.82) is 0 Å². The normalized spacial score (nSPS) is 14.2. The van der Waals surface area contributed by atoms with E-state index >= 15 is 0 Å². The Bertz CT molecular complexity index is 1550. The second-order valence-corrected chi connectivity index (χ2v) is 11.9. The van der Waals surface area contributed by atoms with Gasteiger partial charge < -0.3 is 19.9 Å². The summed E-state index contributed by atoms with van der Waals surface area (Å²) in [5, 5.41) is 5.77. The number of carbonyl (C=O) groups excluding carboxylic acids is 3. The molecule has 3 aromatic heterocycles. The number of thiazole rings is 1. The molecule has 10 heteroatoms. The third kappa shape index (κ3) is 5.91. The van der Waals surface area contributed by atoms with Gasteiger partial charge in [-0.25, -0.2) is 9.78 Å². The molecule has 40 heavy (non-hydrogen) atoms. The number of hydrogen-bond donors (Lipinski definition) is 2. The van der Waals surface area contributed by atoms with Crippen molar-refractivity contribution in [3.63, 3.8) is 0 Å². The predicted molar refractivity (Wildman–Crippen MR) is 157 cm³/mol. The highest BCUT2D eigenvalue weighted by Crippen LogP contribution is 2.33. The number of nitrogens with one attached hydrogen (secondary N) is 2. The van der Waals surface area contributed by atoms with E-state index in [4.69, 9.17) is 4.74 Å². The topological polar surface area (TPSA) is 117 Å². The van der Waals surface area contributed by atoms with E-state index < -0.39 is 17.5 Å². The Labute approximate surface area is 237 Å². The van der Waals surface area contributed by atoms with Crippen molar-refractivity contribution < 1.29 is 19.1 Å². The smallest absolute Gasteiger partial charge is 0.343 e. The minimum atomic E-state index is -0.733. The summed E-state index contributed by atoms with van der Waals surface area (Å²) in [6, 6.07) is 9.08. The minimum Gasteiger partial charge on any atom is -0.456 e. The Morgan fingerprint density at radius 1 is 1.07 bits per heavy atom. The van der Waals surface area contributed by atoms with Gasteiger partial charge in [-0.1, -0.05) is 19.3 Å². The maximum Gasteiger partial charge on any atom is 0.343 e. The van der Waals surface area contributed by atoms with Crippen LogP contribution >= 0.6 is 11.3 Å². The van der Waals surface area contributed by atoms with E-state index in [1.807, 2.05) is 24.3 Å². The van der Waals surface area contributed by atoms with Crippen LogP contribution in [0.3, 0.4) is 0 Å². The third-order valence-electron chi connectivity index (χ3n) is 6.96. The van der Waals surface area contributed by atoms with Crippen LogP contribution in [0.5, 0.6) is 0 Å². The van der Waals surface area contributed by atoms with Gasteiger partial charge in [0.05, 0.1) is 0 Å². The Morgan fingerprint density at radius 2 is 1.80 bits per heavy atom. The number of aromatic amines is 1. The molecule has 1 aliphatic carbocycles. The van der Waals surface area contributed by atoms with E-state index in [-0.39, 0.29) is 28.9 Å². The number of anilines is 2. The van der Waals surface area contributed by atoms with Gasteiger partial charge in [0.2, 0.25) is 5.91 Å². The molecule has 0 atom stereocenters. The fourth-order valence-corrected chi connectivity index (χ4v) is 5.77. The fraction of sp³-hybridized carbons (Fsp3) is 0.367. The number of hydrogen-bond acceptors (Lipinski definition) is 7. The van der Waals surface area contributed by atoms with E-state index in [0.717, 1.165) is 31.2 Å². The lowest BCUT2D eigenvalue weighted by atomic mass is 9.88. The largest absolute Gasteiger partial charge is 0.456 e. The molecule has 0 saturated heterocycles. The molecule has 3 heterocycles. The molecule has 0 unspecified atom stereocenters. The second kappa shape index (κ2) is 11.2. The standard InChI is InChI=1S/C30H33N5O4S/c1-30(2,3)39-29(38)24-21-11-10-20(35(4)28(37)19-8-6-5-7-9-19)16-22(21)32-25(24)34-26(36)23-17-40-27(33-23)18-12-14-31-15-13-18/h10-17,19,32H,5-9H2,1-4H3,(H,34,36). The summed E-state index contributed by atoms with van der Waals surface area (Å²) < 4.78 is 5.68. The van der Waals surface area contributed by atoms with Gasteiger partial charge in [-0.3, -0.25) is 14.6 Å². The summed E-state index contributed by atoms with van der Waals surface area (Å²) >= 11 is 1.35. The van der Waals surface area contributed by atoms with E-state index in [0.29, 0.717) is 21.6 Å². The van der Waals surface area contributed by atoms with E-state index in [2.05, 4.69) is 20.3 Å². The van der Waals surface area contributed by atoms with Gasteiger partial charge in [0, 0.05) is 52.9 Å². The number of ether oxygens (including phenoxy) is 1. The number of esters is 1. The number of nitrogens with zero attached hydrogens (tertiary/aromatic N) is 3. The van der Waals surface area contributed by atoms with Gasteiger partial charge in [-0.05, 0) is 63.9 Å². The highest BCUT2D eigenvalue weighted by molar-refractivity contribution is 7.13. The third-order valence-corrected chi connectivity index (χ3v) is 7.85. The van der Waals surface area contributed by atoms with Crippen molar-refractivity contribution in [3.8, 4) is 10.6 Å². The lowest BCUT2D eigenvalue weighted by Gasteiger charge is -2.26. The van der Waals surface area contributed by atoms with Crippen LogP contribution in [0.4, 0.5) is 11.5 Å². The predicted octanol–water partition coefficient (Wildman–Crippen LogP) is 6.44. The van der Waals surface area contributed by atoms with E-state index in [1.165, 1.54) is 17.8 Å². The van der Waals surface area contributed by atoms with E-state index in [9.17, 15) is 14.4 Å². The molecule has 9 nitrogen and oxygen atoms in total. The average Bonchev–Trinajstić information content (AvgIpc) is 3.57. The van der Waals surface area contributed by atoms with E-state index in [1.54, 1.807) is 56.6 Å². The first-order chi connectivity index (χ1) is 19.1. The number of rotatable bonds is 6. The Hall–Kier alpha value is -4.05. The molecular weight excluding hydrogens is 526 g/mol. The zero-order valence-electron chi connectivity index (χ0n) is 23.1. The van der Waals surface area contributed by atoms with Crippen molar-refractivity contribution >= 4 is 51.5 Å². The van der Waals surface area contributed by atoms with Crippen LogP contribution in [0.15, 0.2) is 48.1 Å². The number of benzene rings is 1. The fourth-order valence-electron chi connectivity index (χ4n) is 4.96. The van der Waals surface area contributed by atoms with Gasteiger partial charge in [-0.2, -0.15) is 0 Å². The molecule has 1 saturated carbocycles. The molecule has 1 aliphatic rings. The van der Waals surface area contributed by atoms with Crippen molar-refractivity contribution in [2.45, 2.75) is 58.5 Å². The average molecular weight is 560 g/mol. The first-order valence-electron chi connectivity index (χ1n) is 13.4. The summed E-state index contributed by atoms with van der Waals surface area (Å²) in [5.41, 5.74) is 1.88. The highest BCUT2D eigenvalue weighted by atomic mass is 32.1. The Kier molecular flexibility index (Phi) is 7.71. The molecule has 1 fully saturated rings. The van der Waals surface area contributed by atoms with Crippen LogP contribution < -0.4 is 10.2 Å². The second-order valence-electron chi connectivity index (χ2n) is 11.1. The first kappa shape index (κ1) is 27.5. The highest BCUT2D eigenvalue weighted by Gasteiger charge is 2.28. The van der Waals surface area contributed by atoms with Crippen LogP contribution in [0.2, 0.25) is 0 Å². The molecule has 2 amide bonds. The van der Waals surface area contributed by atoms with Crippen molar-refractivity contribution in [1.82, 2.24) is 15.0 Å². The molecule has 1 aromatic carbocycles. The summed E-state index contributed by atoms with van der Waals surface area (Å²) in [4.78, 5) is 53.1. The van der Waals surface area contributed by atoms with Crippen molar-refractivity contribution in [2.24, 2.45) is 5.92 Å². The first-order valence-corrected chi connectivity index (χ1v) is 14.3. The summed E-state index contributed by atoms with van der Waals surface area (Å²) in [6.45, 7) is 5.37. The van der Waals surface area contributed by atoms with Gasteiger partial charge in [0.25, 0.3) is 5.91 Å². The number of fused-ring (bicyclic) bond motifs is 1. The van der Waals surface area contributed by atoms with Gasteiger partial charge >= 0.3 is 5.97 Å². The number of amides is 2. The molecule has 0 radical (unpaired) electrons. The van der Waals surface area contributed by atoms with Crippen LogP contribution in [0.1, 0.15) is 73.7 Å². The van der Waals surface area contributed by atoms with Crippen LogP contribution in [-0.4, -0.2) is 45.4 Å². The van der Waals surface area contributed by atoms with Crippen LogP contribution in [0, 0.1) is 5.92 Å².